The average molecular weight is 283 g/mol. The molecule has 20 heavy (non-hydrogen) atoms. The smallest absolute Gasteiger partial charge is 0.00445 e. The maximum atomic E-state index is 3.68. The van der Waals surface area contributed by atoms with Crippen molar-refractivity contribution in [3.8, 4) is 0 Å². The first-order valence-corrected chi connectivity index (χ1v) is 8.84. The minimum absolute atomic E-state index is 0.428. The molecular formula is C18H38N2. The van der Waals surface area contributed by atoms with E-state index in [2.05, 4.69) is 45.0 Å². The molecule has 0 aliphatic heterocycles. The van der Waals surface area contributed by atoms with Crippen LogP contribution in [0.5, 0.6) is 0 Å². The largest absolute Gasteiger partial charge is 0.316 e. The molecule has 0 bridgehead atoms. The molecule has 1 saturated carbocycles. The van der Waals surface area contributed by atoms with Crippen molar-refractivity contribution in [3.05, 3.63) is 0 Å². The van der Waals surface area contributed by atoms with Crippen molar-refractivity contribution in [3.63, 3.8) is 0 Å². The van der Waals surface area contributed by atoms with Crippen LogP contribution in [0.1, 0.15) is 66.2 Å². The van der Waals surface area contributed by atoms with Crippen molar-refractivity contribution in [2.45, 2.75) is 66.2 Å². The van der Waals surface area contributed by atoms with E-state index >= 15 is 0 Å². The third kappa shape index (κ3) is 7.08. The van der Waals surface area contributed by atoms with Crippen molar-refractivity contribution >= 4 is 0 Å². The van der Waals surface area contributed by atoms with E-state index in [1.807, 2.05) is 0 Å². The van der Waals surface area contributed by atoms with E-state index in [1.54, 1.807) is 0 Å². The normalized spacial score (nSPS) is 19.9. The van der Waals surface area contributed by atoms with Crippen LogP contribution < -0.4 is 5.32 Å². The van der Waals surface area contributed by atoms with E-state index < -0.39 is 0 Å². The standard InChI is InChI=1S/C18H38N2/c1-6-11-18(4,14-19-12-16(2)3)15-20(5)13-17-9-7-8-10-17/h16-17,19H,6-15H2,1-5H3. The van der Waals surface area contributed by atoms with Gasteiger partial charge in [0.25, 0.3) is 0 Å². The lowest BCUT2D eigenvalue weighted by Crippen LogP contribution is -2.43. The maximum absolute atomic E-state index is 3.68. The molecule has 2 nitrogen and oxygen atoms in total. The first-order valence-electron chi connectivity index (χ1n) is 8.84. The van der Waals surface area contributed by atoms with E-state index in [4.69, 9.17) is 0 Å². The van der Waals surface area contributed by atoms with Gasteiger partial charge >= 0.3 is 0 Å². The van der Waals surface area contributed by atoms with E-state index in [0.717, 1.165) is 24.9 Å². The van der Waals surface area contributed by atoms with Gasteiger partial charge in [0.1, 0.15) is 0 Å². The first-order chi connectivity index (χ1) is 9.45. The molecule has 2 heteroatoms. The monoisotopic (exact) mass is 282 g/mol. The zero-order valence-electron chi connectivity index (χ0n) is 14.7. The van der Waals surface area contributed by atoms with Gasteiger partial charge in [-0.3, -0.25) is 0 Å². The van der Waals surface area contributed by atoms with Gasteiger partial charge in [-0.15, -0.1) is 0 Å². The molecule has 1 aliphatic carbocycles. The molecule has 0 amide bonds. The number of hydrogen-bond acceptors (Lipinski definition) is 2. The molecule has 0 saturated heterocycles. The maximum Gasteiger partial charge on any atom is 0.00445 e. The van der Waals surface area contributed by atoms with Crippen molar-refractivity contribution in [1.29, 1.82) is 0 Å². The van der Waals surface area contributed by atoms with Crippen LogP contribution in [-0.4, -0.2) is 38.1 Å². The molecule has 1 atom stereocenters. The number of nitrogens with zero attached hydrogens (tertiary/aromatic N) is 1. The predicted octanol–water partition coefficient (Wildman–Crippen LogP) is 4.16. The van der Waals surface area contributed by atoms with Crippen LogP contribution in [0.15, 0.2) is 0 Å². The summed E-state index contributed by atoms with van der Waals surface area (Å²) >= 11 is 0. The lowest BCUT2D eigenvalue weighted by Gasteiger charge is -2.35. The second-order valence-electron chi connectivity index (χ2n) is 7.93. The lowest BCUT2D eigenvalue weighted by atomic mass is 9.84. The van der Waals surface area contributed by atoms with Crippen LogP contribution in [0.3, 0.4) is 0 Å². The number of hydrogen-bond donors (Lipinski definition) is 1. The molecule has 0 spiro atoms. The number of rotatable bonds is 10. The summed E-state index contributed by atoms with van der Waals surface area (Å²) < 4.78 is 0. The zero-order valence-corrected chi connectivity index (χ0v) is 14.7. The molecule has 1 aliphatic rings. The summed E-state index contributed by atoms with van der Waals surface area (Å²) in [6, 6.07) is 0. The van der Waals surface area contributed by atoms with Crippen LogP contribution >= 0.6 is 0 Å². The van der Waals surface area contributed by atoms with Gasteiger partial charge in [-0.25, -0.2) is 0 Å². The second-order valence-corrected chi connectivity index (χ2v) is 7.93. The Labute approximate surface area is 127 Å². The summed E-state index contributed by atoms with van der Waals surface area (Å²) in [5.41, 5.74) is 0.428. The molecule has 1 fully saturated rings. The Morgan fingerprint density at radius 3 is 2.45 bits per heavy atom. The SMILES string of the molecule is CCCC(C)(CNCC(C)C)CN(C)CC1CCCC1. The average Bonchev–Trinajstić information content (AvgIpc) is 2.80. The highest BCUT2D eigenvalue weighted by atomic mass is 15.1. The Kier molecular flexibility index (Phi) is 8.13. The van der Waals surface area contributed by atoms with Crippen molar-refractivity contribution in [2.24, 2.45) is 17.3 Å². The van der Waals surface area contributed by atoms with Crippen LogP contribution in [-0.2, 0) is 0 Å². The first kappa shape index (κ1) is 18.0. The summed E-state index contributed by atoms with van der Waals surface area (Å²) in [6.45, 7) is 14.2. The van der Waals surface area contributed by atoms with Crippen molar-refractivity contribution in [2.75, 3.05) is 33.2 Å². The Bertz CT molecular complexity index is 246. The van der Waals surface area contributed by atoms with Gasteiger partial charge in [0.15, 0.2) is 0 Å². The Hall–Kier alpha value is -0.0800. The van der Waals surface area contributed by atoms with Gasteiger partial charge in [0, 0.05) is 19.6 Å². The van der Waals surface area contributed by atoms with Crippen molar-refractivity contribution in [1.82, 2.24) is 10.2 Å². The molecule has 0 radical (unpaired) electrons. The topological polar surface area (TPSA) is 15.3 Å². The van der Waals surface area contributed by atoms with Crippen LogP contribution in [0, 0.1) is 17.3 Å². The fraction of sp³-hybridized carbons (Fsp3) is 1.00. The van der Waals surface area contributed by atoms with E-state index in [1.165, 1.54) is 51.6 Å². The Balaban J connectivity index is 2.37. The van der Waals surface area contributed by atoms with E-state index in [0.29, 0.717) is 5.41 Å². The van der Waals surface area contributed by atoms with Gasteiger partial charge in [-0.1, -0.05) is 47.0 Å². The van der Waals surface area contributed by atoms with Crippen LogP contribution in [0.2, 0.25) is 0 Å². The molecule has 1 N–H and O–H groups in total. The summed E-state index contributed by atoms with van der Waals surface area (Å²) in [5, 5.41) is 3.68. The fourth-order valence-corrected chi connectivity index (χ4v) is 3.84. The third-order valence-electron chi connectivity index (χ3n) is 4.65. The summed E-state index contributed by atoms with van der Waals surface area (Å²) in [4.78, 5) is 2.60. The molecule has 120 valence electrons. The minimum Gasteiger partial charge on any atom is -0.316 e. The van der Waals surface area contributed by atoms with Gasteiger partial charge in [0.2, 0.25) is 0 Å². The Morgan fingerprint density at radius 1 is 1.25 bits per heavy atom. The fourth-order valence-electron chi connectivity index (χ4n) is 3.84. The van der Waals surface area contributed by atoms with E-state index in [-0.39, 0.29) is 0 Å². The minimum atomic E-state index is 0.428. The molecule has 0 aromatic rings. The molecule has 0 aromatic carbocycles. The zero-order chi connectivity index (χ0) is 15.0. The molecule has 1 unspecified atom stereocenters. The highest BCUT2D eigenvalue weighted by molar-refractivity contribution is 4.81. The molecule has 1 rings (SSSR count). The van der Waals surface area contributed by atoms with Gasteiger partial charge < -0.3 is 10.2 Å². The molecular weight excluding hydrogens is 244 g/mol. The Morgan fingerprint density at radius 2 is 1.90 bits per heavy atom. The summed E-state index contributed by atoms with van der Waals surface area (Å²) in [5.74, 6) is 1.71. The summed E-state index contributed by atoms with van der Waals surface area (Å²) in [7, 11) is 2.33. The molecule has 0 aromatic heterocycles. The molecule has 0 heterocycles. The van der Waals surface area contributed by atoms with Gasteiger partial charge in [-0.2, -0.15) is 0 Å². The van der Waals surface area contributed by atoms with Gasteiger partial charge in [0.05, 0.1) is 0 Å². The number of nitrogens with one attached hydrogen (secondary N) is 1. The quantitative estimate of drug-likeness (QED) is 0.647. The van der Waals surface area contributed by atoms with Gasteiger partial charge in [-0.05, 0) is 50.1 Å². The third-order valence-corrected chi connectivity index (χ3v) is 4.65. The van der Waals surface area contributed by atoms with Crippen LogP contribution in [0.25, 0.3) is 0 Å². The highest BCUT2D eigenvalue weighted by Crippen LogP contribution is 2.28. The van der Waals surface area contributed by atoms with Crippen molar-refractivity contribution < 1.29 is 0 Å². The predicted molar refractivity (Wildman–Crippen MR) is 90.2 cm³/mol. The van der Waals surface area contributed by atoms with Crippen LogP contribution in [0.4, 0.5) is 0 Å². The second kappa shape index (κ2) is 9.04. The lowest BCUT2D eigenvalue weighted by molar-refractivity contribution is 0.156. The van der Waals surface area contributed by atoms with E-state index in [9.17, 15) is 0 Å². The highest BCUT2D eigenvalue weighted by Gasteiger charge is 2.26. The summed E-state index contributed by atoms with van der Waals surface area (Å²) in [6.07, 6.45) is 8.45.